The van der Waals surface area contributed by atoms with Crippen molar-refractivity contribution in [3.05, 3.63) is 24.3 Å². The Morgan fingerprint density at radius 2 is 1.69 bits per heavy atom. The van der Waals surface area contributed by atoms with Crippen LogP contribution in [0.1, 0.15) is 77.7 Å². The fraction of sp³-hybridized carbons (Fsp3) is 0.733. The van der Waals surface area contributed by atoms with Crippen molar-refractivity contribution in [2.45, 2.75) is 104 Å². The highest BCUT2D eigenvalue weighted by Gasteiger charge is 2.33. The normalized spacial score (nSPS) is 29.8. The highest BCUT2D eigenvalue weighted by molar-refractivity contribution is 5.92. The standard InChI is InChI=1S/C30H52N4O5/c1-8-9-10-11-14-21(4)29(38)28-25(36)16-12-15-24(35)27(20(2)3)32-19-26(37)22(5)33-30(39)23(6)31-17-13-18-34(28)7/h8-11,20-23,27-29,31-32,38H,12-19H2,1-7H3,(H,33,39)/b9-8+,11-10?/t21-,22-,23-,27+,28-,29-/m1/s1/i1D3. The monoisotopic (exact) mass is 551 g/mol. The predicted molar refractivity (Wildman–Crippen MR) is 155 cm³/mol. The smallest absolute Gasteiger partial charge is 0.237 e. The number of aliphatic hydroxyl groups is 1. The lowest BCUT2D eigenvalue weighted by Crippen LogP contribution is -2.51. The first-order valence-corrected chi connectivity index (χ1v) is 14.1. The van der Waals surface area contributed by atoms with E-state index < -0.39 is 37.1 Å². The number of rotatable bonds is 6. The Balaban J connectivity index is 3.09. The summed E-state index contributed by atoms with van der Waals surface area (Å²) in [5.74, 6) is -1.15. The van der Waals surface area contributed by atoms with Gasteiger partial charge in [0.05, 0.1) is 36.8 Å². The second-order valence-corrected chi connectivity index (χ2v) is 11.0. The summed E-state index contributed by atoms with van der Waals surface area (Å²) >= 11 is 0. The predicted octanol–water partition coefficient (Wildman–Crippen LogP) is 2.18. The highest BCUT2D eigenvalue weighted by Crippen LogP contribution is 2.20. The van der Waals surface area contributed by atoms with Gasteiger partial charge in [0.25, 0.3) is 0 Å². The summed E-state index contributed by atoms with van der Waals surface area (Å²) in [6, 6.07) is -2.61. The summed E-state index contributed by atoms with van der Waals surface area (Å²) in [5.41, 5.74) is 0. The number of likely N-dealkylation sites (N-methyl/N-ethyl adjacent to an activating group) is 1. The molecule has 1 aliphatic rings. The molecule has 0 aromatic rings. The van der Waals surface area contributed by atoms with Crippen molar-refractivity contribution in [2.24, 2.45) is 11.8 Å². The van der Waals surface area contributed by atoms with E-state index in [1.165, 1.54) is 6.08 Å². The molecule has 1 saturated heterocycles. The third kappa shape index (κ3) is 12.2. The maximum absolute atomic E-state index is 13.5. The largest absolute Gasteiger partial charge is 0.391 e. The number of Topliss-reactive ketones (excluding diaryl/α,β-unsaturated/α-hetero) is 3. The number of amides is 1. The van der Waals surface area contributed by atoms with Gasteiger partial charge in [-0.2, -0.15) is 0 Å². The molecule has 0 bridgehead atoms. The number of hydrogen-bond acceptors (Lipinski definition) is 8. The number of aliphatic hydroxyl groups excluding tert-OH is 1. The van der Waals surface area contributed by atoms with Gasteiger partial charge in [-0.15, -0.1) is 0 Å². The molecule has 0 aromatic heterocycles. The van der Waals surface area contributed by atoms with E-state index in [4.69, 9.17) is 4.11 Å². The first-order valence-electron chi connectivity index (χ1n) is 15.6. The lowest BCUT2D eigenvalue weighted by Gasteiger charge is -2.34. The zero-order valence-corrected chi connectivity index (χ0v) is 24.5. The Morgan fingerprint density at radius 3 is 2.36 bits per heavy atom. The van der Waals surface area contributed by atoms with Crippen molar-refractivity contribution < 1.29 is 28.4 Å². The average Bonchev–Trinajstić information content (AvgIpc) is 2.89. The van der Waals surface area contributed by atoms with Crippen molar-refractivity contribution in [3.63, 3.8) is 0 Å². The molecule has 4 N–H and O–H groups in total. The Labute approximate surface area is 239 Å². The van der Waals surface area contributed by atoms with Crippen LogP contribution in [-0.4, -0.2) is 90.2 Å². The molecule has 1 rings (SSSR count). The van der Waals surface area contributed by atoms with Gasteiger partial charge in [-0.3, -0.25) is 24.1 Å². The topological polar surface area (TPSA) is 128 Å². The van der Waals surface area contributed by atoms with Crippen molar-refractivity contribution in [1.82, 2.24) is 20.9 Å². The molecule has 222 valence electrons. The van der Waals surface area contributed by atoms with Gasteiger partial charge < -0.3 is 21.1 Å². The van der Waals surface area contributed by atoms with E-state index in [9.17, 15) is 24.3 Å². The molecule has 0 spiro atoms. The summed E-state index contributed by atoms with van der Waals surface area (Å²) in [7, 11) is 1.78. The maximum atomic E-state index is 13.5. The number of carbonyl (C=O) groups is 4. The lowest BCUT2D eigenvalue weighted by molar-refractivity contribution is -0.129. The average molecular weight is 552 g/mol. The number of nitrogens with one attached hydrogen (secondary N) is 3. The van der Waals surface area contributed by atoms with Crippen LogP contribution in [0.4, 0.5) is 0 Å². The van der Waals surface area contributed by atoms with Crippen molar-refractivity contribution in [2.75, 3.05) is 26.7 Å². The first-order chi connectivity index (χ1) is 19.5. The van der Waals surface area contributed by atoms with Crippen LogP contribution in [0.2, 0.25) is 0 Å². The number of ketones is 3. The molecule has 9 heteroatoms. The molecular weight excluding hydrogens is 496 g/mol. The quantitative estimate of drug-likeness (QED) is 0.370. The van der Waals surface area contributed by atoms with E-state index in [1.54, 1.807) is 33.0 Å². The van der Waals surface area contributed by atoms with Gasteiger partial charge in [0, 0.05) is 17.0 Å². The number of hydrogen-bond donors (Lipinski definition) is 4. The number of allylic oxidation sites excluding steroid dienone is 4. The van der Waals surface area contributed by atoms with Gasteiger partial charge in [-0.1, -0.05) is 45.1 Å². The summed E-state index contributed by atoms with van der Waals surface area (Å²) < 4.78 is 21.7. The molecule has 1 fully saturated rings. The minimum Gasteiger partial charge on any atom is -0.391 e. The molecule has 1 heterocycles. The van der Waals surface area contributed by atoms with Gasteiger partial charge >= 0.3 is 0 Å². The number of nitrogens with zero attached hydrogens (tertiary/aromatic N) is 1. The molecule has 0 saturated carbocycles. The molecule has 9 nitrogen and oxygen atoms in total. The Bertz CT molecular complexity index is 954. The number of carbonyl (C=O) groups excluding carboxylic acids is 4. The molecule has 6 atom stereocenters. The van der Waals surface area contributed by atoms with Crippen LogP contribution in [-0.2, 0) is 19.2 Å². The van der Waals surface area contributed by atoms with Crippen molar-refractivity contribution in [1.29, 1.82) is 0 Å². The van der Waals surface area contributed by atoms with Crippen LogP contribution in [0.25, 0.3) is 0 Å². The SMILES string of the molecule is [2H]C([2H])([2H])/C=C/C=CC[C@@H](C)[C@@H](O)[C@H]1C(=O)CCCC(=O)[C@H](C(C)C)NCC(=O)[C@@H](C)NC(=O)[C@@H](C)NCCCN1C. The van der Waals surface area contributed by atoms with Gasteiger partial charge in [-0.25, -0.2) is 0 Å². The molecule has 0 aromatic carbocycles. The Morgan fingerprint density at radius 1 is 1.00 bits per heavy atom. The molecule has 0 unspecified atom stereocenters. The summed E-state index contributed by atoms with van der Waals surface area (Å²) in [4.78, 5) is 53.6. The van der Waals surface area contributed by atoms with Gasteiger partial charge in [0.1, 0.15) is 5.78 Å². The van der Waals surface area contributed by atoms with Crippen LogP contribution in [0, 0.1) is 11.8 Å². The van der Waals surface area contributed by atoms with Crippen LogP contribution in [0.15, 0.2) is 24.3 Å². The van der Waals surface area contributed by atoms with E-state index >= 15 is 0 Å². The van der Waals surface area contributed by atoms with E-state index in [-0.39, 0.29) is 54.5 Å². The zero-order valence-electron chi connectivity index (χ0n) is 27.5. The second-order valence-electron chi connectivity index (χ2n) is 11.0. The third-order valence-electron chi connectivity index (χ3n) is 7.29. The third-order valence-corrected chi connectivity index (χ3v) is 7.29. The van der Waals surface area contributed by atoms with Gasteiger partial charge in [0.15, 0.2) is 11.6 Å². The lowest BCUT2D eigenvalue weighted by atomic mass is 9.89. The molecule has 0 radical (unpaired) electrons. The van der Waals surface area contributed by atoms with E-state index in [0.717, 1.165) is 6.08 Å². The van der Waals surface area contributed by atoms with Crippen molar-refractivity contribution >= 4 is 23.3 Å². The fourth-order valence-electron chi connectivity index (χ4n) is 4.70. The summed E-state index contributed by atoms with van der Waals surface area (Å²) in [5, 5.41) is 20.2. The van der Waals surface area contributed by atoms with Gasteiger partial charge in [-0.05, 0) is 71.9 Å². The Kier molecular flexibility index (Phi) is 13.9. The molecule has 0 aliphatic carbocycles. The van der Waals surface area contributed by atoms with E-state index in [2.05, 4.69) is 16.0 Å². The maximum Gasteiger partial charge on any atom is 0.237 e. The minimum atomic E-state index is -2.16. The Hall–Kier alpha value is -2.20. The van der Waals surface area contributed by atoms with Crippen LogP contribution in [0.3, 0.4) is 0 Å². The second kappa shape index (κ2) is 18.2. The van der Waals surface area contributed by atoms with E-state index in [1.807, 2.05) is 25.7 Å². The highest BCUT2D eigenvalue weighted by atomic mass is 16.3. The van der Waals surface area contributed by atoms with E-state index in [0.29, 0.717) is 32.4 Å². The molecule has 1 aliphatic heterocycles. The van der Waals surface area contributed by atoms with Crippen molar-refractivity contribution in [3.8, 4) is 0 Å². The first kappa shape index (κ1) is 29.8. The fourth-order valence-corrected chi connectivity index (χ4v) is 4.70. The van der Waals surface area contributed by atoms with Crippen LogP contribution in [0.5, 0.6) is 0 Å². The van der Waals surface area contributed by atoms with Gasteiger partial charge in [0.2, 0.25) is 5.91 Å². The van der Waals surface area contributed by atoms with Crippen LogP contribution >= 0.6 is 0 Å². The minimum absolute atomic E-state index is 0.0613. The van der Waals surface area contributed by atoms with Crippen LogP contribution < -0.4 is 16.0 Å². The summed E-state index contributed by atoms with van der Waals surface area (Å²) in [6.07, 6.45) is 6.61. The molecule has 1 amide bonds. The molecular formula is C30H52N4O5. The summed E-state index contributed by atoms with van der Waals surface area (Å²) in [6.45, 7) is 7.68. The molecule has 39 heavy (non-hydrogen) atoms. The zero-order chi connectivity index (χ0) is 32.0.